The third-order valence-corrected chi connectivity index (χ3v) is 2.87. The maximum atomic E-state index is 8.44. The summed E-state index contributed by atoms with van der Waals surface area (Å²) in [5, 5.41) is 11.9. The minimum Gasteiger partial charge on any atom is -0.494 e. The van der Waals surface area contributed by atoms with Crippen molar-refractivity contribution < 1.29 is 4.74 Å². The van der Waals surface area contributed by atoms with Crippen molar-refractivity contribution in [1.82, 2.24) is 5.32 Å². The van der Waals surface area contributed by atoms with Crippen molar-refractivity contribution in [2.24, 2.45) is 0 Å². The normalized spacial score (nSPS) is 11.8. The lowest BCUT2D eigenvalue weighted by Gasteiger charge is -2.12. The van der Waals surface area contributed by atoms with Crippen LogP contribution < -0.4 is 10.1 Å². The Bertz CT molecular complexity index is 384. The first-order valence-corrected chi connectivity index (χ1v) is 6.58. The number of benzene rings is 1. The second-order valence-corrected chi connectivity index (χ2v) is 4.45. The standard InChI is InChI=1S/C15H22N2O/c1-3-13(2)17-12-14-7-6-8-15(11-14)18-10-5-4-9-16/h6-8,11,13,17H,3-5,10,12H2,1-2H3. The summed E-state index contributed by atoms with van der Waals surface area (Å²) in [6, 6.07) is 10.8. The number of hydrogen-bond acceptors (Lipinski definition) is 3. The zero-order chi connectivity index (χ0) is 13.2. The molecule has 0 saturated heterocycles. The summed E-state index contributed by atoms with van der Waals surface area (Å²) in [4.78, 5) is 0. The number of nitrogens with zero attached hydrogens (tertiary/aromatic N) is 1. The van der Waals surface area contributed by atoms with Gasteiger partial charge in [0.1, 0.15) is 5.75 Å². The van der Waals surface area contributed by atoms with Crippen LogP contribution in [0.5, 0.6) is 5.75 Å². The molecule has 0 heterocycles. The summed E-state index contributed by atoms with van der Waals surface area (Å²) in [6.45, 7) is 5.83. The molecule has 0 saturated carbocycles. The van der Waals surface area contributed by atoms with Gasteiger partial charge in [0.2, 0.25) is 0 Å². The van der Waals surface area contributed by atoms with Gasteiger partial charge in [-0.25, -0.2) is 0 Å². The van der Waals surface area contributed by atoms with Crippen molar-refractivity contribution in [2.75, 3.05) is 6.61 Å². The molecule has 0 amide bonds. The average molecular weight is 246 g/mol. The van der Waals surface area contributed by atoms with Gasteiger partial charge in [0.15, 0.2) is 0 Å². The van der Waals surface area contributed by atoms with Crippen molar-refractivity contribution in [3.8, 4) is 11.8 Å². The summed E-state index contributed by atoms with van der Waals surface area (Å²) >= 11 is 0. The van der Waals surface area contributed by atoms with Gasteiger partial charge in [0.25, 0.3) is 0 Å². The van der Waals surface area contributed by atoms with Gasteiger partial charge in [-0.2, -0.15) is 5.26 Å². The maximum absolute atomic E-state index is 8.44. The smallest absolute Gasteiger partial charge is 0.119 e. The fourth-order valence-corrected chi connectivity index (χ4v) is 1.52. The van der Waals surface area contributed by atoms with Crippen molar-refractivity contribution in [2.45, 2.75) is 45.7 Å². The number of nitriles is 1. The van der Waals surface area contributed by atoms with E-state index in [1.165, 1.54) is 5.56 Å². The SMILES string of the molecule is CCC(C)NCc1cccc(OCCCC#N)c1. The average Bonchev–Trinajstić information content (AvgIpc) is 2.41. The molecular weight excluding hydrogens is 224 g/mol. The van der Waals surface area contributed by atoms with Crippen molar-refractivity contribution in [3.05, 3.63) is 29.8 Å². The highest BCUT2D eigenvalue weighted by Crippen LogP contribution is 2.14. The van der Waals surface area contributed by atoms with Crippen LogP contribution in [0.1, 0.15) is 38.7 Å². The summed E-state index contributed by atoms with van der Waals surface area (Å²) in [5.74, 6) is 0.886. The lowest BCUT2D eigenvalue weighted by molar-refractivity contribution is 0.312. The molecule has 3 heteroatoms. The summed E-state index contributed by atoms with van der Waals surface area (Å²) in [5.41, 5.74) is 1.23. The van der Waals surface area contributed by atoms with E-state index in [4.69, 9.17) is 10.00 Å². The third-order valence-electron chi connectivity index (χ3n) is 2.87. The fraction of sp³-hybridized carbons (Fsp3) is 0.533. The Kier molecular flexibility index (Phi) is 6.90. The van der Waals surface area contributed by atoms with Crippen LogP contribution in [0, 0.1) is 11.3 Å². The van der Waals surface area contributed by atoms with E-state index < -0.39 is 0 Å². The molecule has 1 N–H and O–H groups in total. The largest absolute Gasteiger partial charge is 0.494 e. The van der Waals surface area contributed by atoms with E-state index in [0.29, 0.717) is 19.1 Å². The van der Waals surface area contributed by atoms with Gasteiger partial charge in [0, 0.05) is 19.0 Å². The molecule has 1 rings (SSSR count). The summed E-state index contributed by atoms with van der Waals surface area (Å²) in [7, 11) is 0. The van der Waals surface area contributed by atoms with Gasteiger partial charge in [0.05, 0.1) is 12.7 Å². The Morgan fingerprint density at radius 1 is 1.44 bits per heavy atom. The Labute approximate surface area is 110 Å². The Balaban J connectivity index is 2.39. The molecule has 18 heavy (non-hydrogen) atoms. The van der Waals surface area contributed by atoms with Crippen LogP contribution in [0.4, 0.5) is 0 Å². The molecule has 1 aromatic rings. The van der Waals surface area contributed by atoms with Gasteiger partial charge in [-0.1, -0.05) is 19.1 Å². The second-order valence-electron chi connectivity index (χ2n) is 4.45. The van der Waals surface area contributed by atoms with Crippen molar-refractivity contribution in [1.29, 1.82) is 5.26 Å². The molecule has 0 bridgehead atoms. The molecule has 0 fully saturated rings. The third kappa shape index (κ3) is 5.70. The second kappa shape index (κ2) is 8.54. The monoisotopic (exact) mass is 246 g/mol. The van der Waals surface area contributed by atoms with E-state index in [9.17, 15) is 0 Å². The van der Waals surface area contributed by atoms with E-state index in [1.807, 2.05) is 12.1 Å². The quantitative estimate of drug-likeness (QED) is 0.716. The Morgan fingerprint density at radius 3 is 3.00 bits per heavy atom. The van der Waals surface area contributed by atoms with E-state index >= 15 is 0 Å². The highest BCUT2D eigenvalue weighted by molar-refractivity contribution is 5.28. The molecule has 0 aliphatic heterocycles. The topological polar surface area (TPSA) is 45.0 Å². The highest BCUT2D eigenvalue weighted by Gasteiger charge is 2.00. The predicted molar refractivity (Wildman–Crippen MR) is 73.4 cm³/mol. The minimum absolute atomic E-state index is 0.533. The van der Waals surface area contributed by atoms with Gasteiger partial charge in [-0.15, -0.1) is 0 Å². The number of unbranched alkanes of at least 4 members (excludes halogenated alkanes) is 1. The van der Waals surface area contributed by atoms with Crippen molar-refractivity contribution in [3.63, 3.8) is 0 Å². The first-order chi connectivity index (χ1) is 8.76. The first kappa shape index (κ1) is 14.5. The van der Waals surface area contributed by atoms with E-state index in [1.54, 1.807) is 0 Å². The molecule has 0 spiro atoms. The summed E-state index contributed by atoms with van der Waals surface area (Å²) in [6.07, 6.45) is 2.46. The van der Waals surface area contributed by atoms with Crippen LogP contribution in [0.25, 0.3) is 0 Å². The van der Waals surface area contributed by atoms with E-state index in [-0.39, 0.29) is 0 Å². The molecule has 3 nitrogen and oxygen atoms in total. The zero-order valence-electron chi connectivity index (χ0n) is 11.3. The van der Waals surface area contributed by atoms with Crippen LogP contribution in [0.2, 0.25) is 0 Å². The molecule has 0 aliphatic rings. The van der Waals surface area contributed by atoms with Crippen LogP contribution in [0.3, 0.4) is 0 Å². The molecular formula is C15H22N2O. The van der Waals surface area contributed by atoms with Crippen LogP contribution in [-0.4, -0.2) is 12.6 Å². The van der Waals surface area contributed by atoms with Crippen LogP contribution in [0.15, 0.2) is 24.3 Å². The van der Waals surface area contributed by atoms with E-state index in [0.717, 1.165) is 25.1 Å². The molecule has 98 valence electrons. The number of ether oxygens (including phenoxy) is 1. The molecule has 1 atom stereocenters. The highest BCUT2D eigenvalue weighted by atomic mass is 16.5. The molecule has 0 radical (unpaired) electrons. The minimum atomic E-state index is 0.533. The molecule has 1 aromatic carbocycles. The van der Waals surface area contributed by atoms with Gasteiger partial charge in [-0.3, -0.25) is 0 Å². The van der Waals surface area contributed by atoms with Crippen molar-refractivity contribution >= 4 is 0 Å². The number of rotatable bonds is 8. The van der Waals surface area contributed by atoms with Gasteiger partial charge in [-0.05, 0) is 37.5 Å². The Morgan fingerprint density at radius 2 is 2.28 bits per heavy atom. The van der Waals surface area contributed by atoms with E-state index in [2.05, 4.69) is 37.4 Å². The Hall–Kier alpha value is -1.53. The lowest BCUT2D eigenvalue weighted by atomic mass is 10.2. The molecule has 0 aliphatic carbocycles. The maximum Gasteiger partial charge on any atom is 0.119 e. The number of hydrogen-bond donors (Lipinski definition) is 1. The van der Waals surface area contributed by atoms with Crippen LogP contribution >= 0.6 is 0 Å². The molecule has 0 aromatic heterocycles. The summed E-state index contributed by atoms with van der Waals surface area (Å²) < 4.78 is 5.60. The van der Waals surface area contributed by atoms with Gasteiger partial charge >= 0.3 is 0 Å². The fourth-order valence-electron chi connectivity index (χ4n) is 1.52. The lowest BCUT2D eigenvalue weighted by Crippen LogP contribution is -2.24. The molecule has 1 unspecified atom stereocenters. The van der Waals surface area contributed by atoms with Gasteiger partial charge < -0.3 is 10.1 Å². The predicted octanol–water partition coefficient (Wildman–Crippen LogP) is 3.26. The zero-order valence-corrected chi connectivity index (χ0v) is 11.3. The number of nitrogens with one attached hydrogen (secondary N) is 1. The first-order valence-electron chi connectivity index (χ1n) is 6.58. The van der Waals surface area contributed by atoms with Crippen LogP contribution in [-0.2, 0) is 6.54 Å².